The third-order valence-corrected chi connectivity index (χ3v) is 13.2. The maximum atomic E-state index is 13.2. The molecule has 0 bridgehead atoms. The zero-order valence-corrected chi connectivity index (χ0v) is 14.7. The van der Waals surface area contributed by atoms with Gasteiger partial charge in [0.15, 0.2) is 0 Å². The molecule has 0 spiro atoms. The van der Waals surface area contributed by atoms with Gasteiger partial charge in [0.05, 0.1) is 0 Å². The molecular formula is C17H18O3Si2. The van der Waals surface area contributed by atoms with E-state index in [1.807, 2.05) is 60.7 Å². The summed E-state index contributed by atoms with van der Waals surface area (Å²) in [6, 6.07) is 18.2. The summed E-state index contributed by atoms with van der Waals surface area (Å²) in [5.74, 6) is 1.59. The quantitative estimate of drug-likeness (QED) is 0.601. The van der Waals surface area contributed by atoms with Crippen molar-refractivity contribution in [1.82, 2.24) is 0 Å². The van der Waals surface area contributed by atoms with E-state index in [1.54, 1.807) is 13.1 Å². The first kappa shape index (κ1) is 16.3. The van der Waals surface area contributed by atoms with Gasteiger partial charge in [-0.2, -0.15) is 0 Å². The van der Waals surface area contributed by atoms with Crippen LogP contribution in [-0.4, -0.2) is 33.0 Å². The van der Waals surface area contributed by atoms with E-state index >= 15 is 0 Å². The van der Waals surface area contributed by atoms with E-state index in [-0.39, 0.29) is 5.03 Å². The molecule has 0 saturated carbocycles. The number of hydrogen-bond acceptors (Lipinski definition) is 3. The summed E-state index contributed by atoms with van der Waals surface area (Å²) in [6.45, 7) is 3.46. The van der Waals surface area contributed by atoms with Crippen LogP contribution in [-0.2, 0) is 9.59 Å². The summed E-state index contributed by atoms with van der Waals surface area (Å²) in [7, 11) is -6.06. The van der Waals surface area contributed by atoms with Crippen LogP contribution in [0.15, 0.2) is 60.7 Å². The van der Waals surface area contributed by atoms with E-state index in [1.165, 1.54) is 0 Å². The molecule has 5 heteroatoms. The molecule has 2 aromatic rings. The van der Waals surface area contributed by atoms with Crippen molar-refractivity contribution in [2.45, 2.75) is 13.1 Å². The van der Waals surface area contributed by atoms with Crippen LogP contribution in [0.1, 0.15) is 0 Å². The van der Waals surface area contributed by atoms with Gasteiger partial charge in [0.1, 0.15) is 16.8 Å². The number of carbonyl (C=O) groups is 3. The maximum absolute atomic E-state index is 13.2. The predicted octanol–water partition coefficient (Wildman–Crippen LogP) is 1.79. The average Bonchev–Trinajstić information content (AvgIpc) is 2.61. The molecule has 22 heavy (non-hydrogen) atoms. The second-order valence-corrected chi connectivity index (χ2v) is 13.5. The lowest BCUT2D eigenvalue weighted by Gasteiger charge is -2.28. The third kappa shape index (κ3) is 2.65. The Hall–Kier alpha value is -2.12. The van der Waals surface area contributed by atoms with Gasteiger partial charge in [-0.3, -0.25) is 0 Å². The summed E-state index contributed by atoms with van der Waals surface area (Å²) in [4.78, 5) is 36.8. The van der Waals surface area contributed by atoms with Gasteiger partial charge >= 0.3 is 0 Å². The molecule has 0 aliphatic rings. The van der Waals surface area contributed by atoms with Crippen molar-refractivity contribution >= 4 is 43.4 Å². The van der Waals surface area contributed by atoms with Crippen molar-refractivity contribution in [2.75, 3.05) is 0 Å². The Morgan fingerprint density at radius 2 is 1.05 bits per heavy atom. The topological polar surface area (TPSA) is 51.2 Å². The van der Waals surface area contributed by atoms with Gasteiger partial charge in [0.25, 0.3) is 0 Å². The van der Waals surface area contributed by atoms with E-state index in [4.69, 9.17) is 0 Å². The Kier molecular flexibility index (Phi) is 4.68. The van der Waals surface area contributed by atoms with Crippen molar-refractivity contribution < 1.29 is 14.4 Å². The molecule has 0 fully saturated rings. The van der Waals surface area contributed by atoms with Crippen LogP contribution in [0.2, 0.25) is 13.1 Å². The molecule has 0 heterocycles. The zero-order valence-electron chi connectivity index (χ0n) is 12.7. The van der Waals surface area contributed by atoms with Gasteiger partial charge in [-0.1, -0.05) is 73.8 Å². The normalized spacial score (nSPS) is 16.1. The van der Waals surface area contributed by atoms with Gasteiger partial charge in [-0.15, -0.1) is 0 Å². The molecular weight excluding hydrogens is 308 g/mol. The number of hydrogen-bond donors (Lipinski definition) is 0. The highest BCUT2D eigenvalue weighted by molar-refractivity contribution is 7.52. The molecule has 0 aliphatic carbocycles. The van der Waals surface area contributed by atoms with Crippen LogP contribution in [0.25, 0.3) is 0 Å². The Morgan fingerprint density at radius 3 is 1.32 bits per heavy atom. The first-order chi connectivity index (χ1) is 10.5. The smallest absolute Gasteiger partial charge is 0.225 e. The van der Waals surface area contributed by atoms with Gasteiger partial charge in [-0.05, 0) is 10.4 Å². The fraction of sp³-hybridized carbons (Fsp3) is 0.118. The maximum Gasteiger partial charge on any atom is 0.225 e. The molecule has 3 nitrogen and oxygen atoms in total. The van der Waals surface area contributed by atoms with Crippen molar-refractivity contribution in [2.24, 2.45) is 0 Å². The van der Waals surface area contributed by atoms with Crippen LogP contribution in [0.3, 0.4) is 0 Å². The van der Waals surface area contributed by atoms with Crippen LogP contribution in [0.4, 0.5) is 4.79 Å². The van der Waals surface area contributed by atoms with Crippen molar-refractivity contribution in [1.29, 1.82) is 0 Å². The average molecular weight is 327 g/mol. The number of carbonyl (C=O) groups excluding carboxylic acids is 3. The lowest BCUT2D eigenvalue weighted by molar-refractivity contribution is 0.272. The van der Waals surface area contributed by atoms with E-state index in [0.29, 0.717) is 0 Å². The first-order valence-electron chi connectivity index (χ1n) is 7.07. The van der Waals surface area contributed by atoms with Crippen LogP contribution in [0.5, 0.6) is 0 Å². The Labute approximate surface area is 132 Å². The molecule has 2 rings (SSSR count). The summed E-state index contributed by atoms with van der Waals surface area (Å²) in [6.07, 6.45) is 0. The van der Waals surface area contributed by atoms with Gasteiger partial charge in [-0.25, -0.2) is 0 Å². The van der Waals surface area contributed by atoms with Crippen LogP contribution >= 0.6 is 0 Å². The van der Waals surface area contributed by atoms with Gasteiger partial charge in [0.2, 0.25) is 16.1 Å². The fourth-order valence-corrected chi connectivity index (χ4v) is 10.9. The Balaban J connectivity index is 2.56. The first-order valence-corrected chi connectivity index (χ1v) is 12.2. The Morgan fingerprint density at radius 1 is 0.727 bits per heavy atom. The standard InChI is InChI=1S/C17H18O3Si2/c1-21(13-18,15-9-5-3-6-10-15)17(20)22(2,14-19)16-11-7-4-8-12-16/h3-14H,1-2H3. The van der Waals surface area contributed by atoms with E-state index in [2.05, 4.69) is 0 Å². The van der Waals surface area contributed by atoms with E-state index < -0.39 is 16.1 Å². The second kappa shape index (κ2) is 6.33. The summed E-state index contributed by atoms with van der Waals surface area (Å²) in [5.41, 5.74) is 0. The fourth-order valence-electron chi connectivity index (χ4n) is 2.61. The largest absolute Gasteiger partial charge is 0.309 e. The predicted molar refractivity (Wildman–Crippen MR) is 94.3 cm³/mol. The lowest BCUT2D eigenvalue weighted by atomic mass is 10.4. The van der Waals surface area contributed by atoms with Gasteiger partial charge in [0, 0.05) is 0 Å². The number of rotatable bonds is 6. The molecule has 0 radical (unpaired) electrons. The molecule has 2 aromatic carbocycles. The Bertz CT molecular complexity index is 628. The summed E-state index contributed by atoms with van der Waals surface area (Å²) in [5, 5.41) is 1.36. The zero-order chi connectivity index (χ0) is 16.2. The molecule has 0 amide bonds. The lowest BCUT2D eigenvalue weighted by Crippen LogP contribution is -2.68. The minimum atomic E-state index is -3.03. The van der Waals surface area contributed by atoms with Crippen molar-refractivity contribution in [3.8, 4) is 0 Å². The molecule has 0 aliphatic heterocycles. The van der Waals surface area contributed by atoms with Crippen LogP contribution < -0.4 is 10.4 Å². The van der Waals surface area contributed by atoms with Crippen molar-refractivity contribution in [3.63, 3.8) is 0 Å². The van der Waals surface area contributed by atoms with E-state index in [0.717, 1.165) is 22.2 Å². The molecule has 0 N–H and O–H groups in total. The molecule has 112 valence electrons. The highest BCUT2D eigenvalue weighted by Gasteiger charge is 2.50. The minimum absolute atomic E-state index is 0.151. The monoisotopic (exact) mass is 326 g/mol. The molecule has 0 aromatic heterocycles. The highest BCUT2D eigenvalue weighted by atomic mass is 28.4. The number of benzene rings is 2. The van der Waals surface area contributed by atoms with E-state index in [9.17, 15) is 14.4 Å². The minimum Gasteiger partial charge on any atom is -0.309 e. The highest BCUT2D eigenvalue weighted by Crippen LogP contribution is 2.14. The summed E-state index contributed by atoms with van der Waals surface area (Å²) >= 11 is 0. The van der Waals surface area contributed by atoms with Crippen molar-refractivity contribution in [3.05, 3.63) is 60.7 Å². The molecule has 2 unspecified atom stereocenters. The summed E-state index contributed by atoms with van der Waals surface area (Å²) < 4.78 is 0. The molecule has 2 atom stereocenters. The molecule has 0 saturated heterocycles. The van der Waals surface area contributed by atoms with Gasteiger partial charge < -0.3 is 14.4 Å². The SMILES string of the molecule is C[Si](C=O)(C(=O)[Si](C)(C=O)c1ccccc1)c1ccccc1. The third-order valence-electron chi connectivity index (χ3n) is 4.16. The van der Waals surface area contributed by atoms with Crippen LogP contribution in [0, 0.1) is 0 Å². The second-order valence-electron chi connectivity index (χ2n) is 5.70.